The van der Waals surface area contributed by atoms with Crippen LogP contribution in [0.3, 0.4) is 0 Å². The Balaban J connectivity index is 1.66. The van der Waals surface area contributed by atoms with Gasteiger partial charge in [-0.1, -0.05) is 11.6 Å². The molecule has 10 heteroatoms. The number of nitrogens with zero attached hydrogens (tertiary/aromatic N) is 3. The first-order valence-corrected chi connectivity index (χ1v) is 9.42. The number of pyridine rings is 1. The number of hydrogen-bond donors (Lipinski definition) is 1. The highest BCUT2D eigenvalue weighted by Crippen LogP contribution is 2.26. The van der Waals surface area contributed by atoms with E-state index in [1.807, 2.05) is 0 Å². The van der Waals surface area contributed by atoms with Gasteiger partial charge in [0, 0.05) is 35.9 Å². The Labute approximate surface area is 155 Å². The molecule has 3 aromatic rings. The van der Waals surface area contributed by atoms with E-state index in [0.29, 0.717) is 16.8 Å². The summed E-state index contributed by atoms with van der Waals surface area (Å²) >= 11 is 5.89. The lowest BCUT2D eigenvalue weighted by molar-refractivity contribution is 0.402. The third-order valence-corrected chi connectivity index (χ3v) is 5.16. The molecule has 0 radical (unpaired) electrons. The number of methoxy groups -OCH3 is 1. The van der Waals surface area contributed by atoms with Crippen molar-refractivity contribution in [1.29, 1.82) is 0 Å². The third-order valence-electron chi connectivity index (χ3n) is 3.44. The van der Waals surface area contributed by atoms with E-state index >= 15 is 0 Å². The highest BCUT2D eigenvalue weighted by molar-refractivity contribution is 7.89. The first-order valence-electron chi connectivity index (χ1n) is 7.55. The molecule has 1 aromatic carbocycles. The van der Waals surface area contributed by atoms with Gasteiger partial charge in [0.25, 0.3) is 0 Å². The van der Waals surface area contributed by atoms with Crippen LogP contribution in [-0.2, 0) is 16.4 Å². The summed E-state index contributed by atoms with van der Waals surface area (Å²) in [5.41, 5.74) is 0.739. The minimum atomic E-state index is -3.80. The number of rotatable bonds is 7. The number of sulfonamides is 1. The predicted octanol–water partition coefficient (Wildman–Crippen LogP) is 2.31. The minimum absolute atomic E-state index is 0.0319. The molecule has 0 aliphatic rings. The van der Waals surface area contributed by atoms with Gasteiger partial charge < -0.3 is 9.15 Å². The summed E-state index contributed by atoms with van der Waals surface area (Å²) < 4.78 is 38.0. The molecular weight excluding hydrogens is 380 g/mol. The van der Waals surface area contributed by atoms with E-state index in [0.717, 1.165) is 5.56 Å². The summed E-state index contributed by atoms with van der Waals surface area (Å²) in [6.45, 7) is 0.0793. The van der Waals surface area contributed by atoms with Gasteiger partial charge in [0.1, 0.15) is 10.6 Å². The van der Waals surface area contributed by atoms with Gasteiger partial charge in [0.15, 0.2) is 0 Å². The second-order valence-electron chi connectivity index (χ2n) is 5.18. The normalized spacial score (nSPS) is 11.5. The molecule has 2 heterocycles. The van der Waals surface area contributed by atoms with Gasteiger partial charge in [-0.05, 0) is 30.3 Å². The van der Waals surface area contributed by atoms with Gasteiger partial charge in [-0.25, -0.2) is 13.1 Å². The van der Waals surface area contributed by atoms with Crippen LogP contribution in [0.4, 0.5) is 0 Å². The Hall–Kier alpha value is -2.49. The van der Waals surface area contributed by atoms with Gasteiger partial charge in [-0.15, -0.1) is 10.2 Å². The highest BCUT2D eigenvalue weighted by Gasteiger charge is 2.20. The number of halogens is 1. The number of ether oxygens (including phenoxy) is 1. The van der Waals surface area contributed by atoms with E-state index in [9.17, 15) is 8.42 Å². The van der Waals surface area contributed by atoms with Crippen LogP contribution in [0.2, 0.25) is 5.02 Å². The van der Waals surface area contributed by atoms with Gasteiger partial charge in [0.05, 0.1) is 7.11 Å². The molecule has 0 aliphatic carbocycles. The highest BCUT2D eigenvalue weighted by atomic mass is 35.5. The standard InChI is InChI=1S/C16H15ClN4O4S/c1-24-13-3-2-12(17)10-14(13)26(22,23)19-9-6-15-20-21-16(25-15)11-4-7-18-8-5-11/h2-5,7-8,10,19H,6,9H2,1H3. The Morgan fingerprint density at radius 2 is 1.96 bits per heavy atom. The zero-order valence-electron chi connectivity index (χ0n) is 13.7. The van der Waals surface area contributed by atoms with Crippen LogP contribution in [0.25, 0.3) is 11.5 Å². The molecule has 2 aromatic heterocycles. The molecule has 3 rings (SSSR count). The first-order chi connectivity index (χ1) is 12.5. The second kappa shape index (κ2) is 7.81. The fraction of sp³-hybridized carbons (Fsp3) is 0.188. The second-order valence-corrected chi connectivity index (χ2v) is 7.35. The minimum Gasteiger partial charge on any atom is -0.495 e. The smallest absolute Gasteiger partial charge is 0.247 e. The van der Waals surface area contributed by atoms with Crippen molar-refractivity contribution < 1.29 is 17.6 Å². The number of hydrogen-bond acceptors (Lipinski definition) is 7. The number of nitrogens with one attached hydrogen (secondary N) is 1. The zero-order chi connectivity index (χ0) is 18.6. The number of aromatic nitrogens is 3. The summed E-state index contributed by atoms with van der Waals surface area (Å²) in [6, 6.07) is 7.86. The third kappa shape index (κ3) is 4.18. The average molecular weight is 395 g/mol. The molecule has 1 N–H and O–H groups in total. The maximum Gasteiger partial charge on any atom is 0.247 e. The lowest BCUT2D eigenvalue weighted by Crippen LogP contribution is -2.26. The van der Waals surface area contributed by atoms with Crippen molar-refractivity contribution in [3.8, 4) is 17.2 Å². The number of benzene rings is 1. The lowest BCUT2D eigenvalue weighted by Gasteiger charge is -2.10. The van der Waals surface area contributed by atoms with Crippen LogP contribution in [0.1, 0.15) is 5.89 Å². The summed E-state index contributed by atoms with van der Waals surface area (Å²) in [7, 11) is -2.41. The van der Waals surface area contributed by atoms with Gasteiger partial charge in [-0.2, -0.15) is 0 Å². The molecule has 0 bridgehead atoms. The molecule has 0 saturated heterocycles. The van der Waals surface area contributed by atoms with E-state index in [1.54, 1.807) is 30.6 Å². The van der Waals surface area contributed by atoms with Crippen molar-refractivity contribution in [2.45, 2.75) is 11.3 Å². The first kappa shape index (κ1) is 18.3. The van der Waals surface area contributed by atoms with E-state index in [4.69, 9.17) is 20.8 Å². The Morgan fingerprint density at radius 1 is 1.19 bits per heavy atom. The van der Waals surface area contributed by atoms with Crippen molar-refractivity contribution in [2.24, 2.45) is 0 Å². The van der Waals surface area contributed by atoms with E-state index < -0.39 is 10.0 Å². The molecule has 0 aliphatic heterocycles. The monoisotopic (exact) mass is 394 g/mol. The fourth-order valence-corrected chi connectivity index (χ4v) is 3.66. The fourth-order valence-electron chi connectivity index (χ4n) is 2.20. The maximum absolute atomic E-state index is 12.5. The van der Waals surface area contributed by atoms with Crippen molar-refractivity contribution in [1.82, 2.24) is 19.9 Å². The molecule has 0 saturated carbocycles. The van der Waals surface area contributed by atoms with Gasteiger partial charge in [0.2, 0.25) is 21.8 Å². The van der Waals surface area contributed by atoms with Gasteiger partial charge in [-0.3, -0.25) is 4.98 Å². The van der Waals surface area contributed by atoms with Crippen LogP contribution < -0.4 is 9.46 Å². The molecular formula is C16H15ClN4O4S. The summed E-state index contributed by atoms with van der Waals surface area (Å²) in [4.78, 5) is 3.89. The quantitative estimate of drug-likeness (QED) is 0.655. The molecule has 0 fully saturated rings. The molecule has 0 unspecified atom stereocenters. The van der Waals surface area contributed by atoms with Crippen LogP contribution in [0.15, 0.2) is 52.0 Å². The van der Waals surface area contributed by atoms with Crippen molar-refractivity contribution >= 4 is 21.6 Å². The maximum atomic E-state index is 12.5. The largest absolute Gasteiger partial charge is 0.495 e. The average Bonchev–Trinajstić information content (AvgIpc) is 3.11. The molecule has 0 atom stereocenters. The molecule has 8 nitrogen and oxygen atoms in total. The Bertz CT molecular complexity index is 992. The van der Waals surface area contributed by atoms with Crippen molar-refractivity contribution in [3.63, 3.8) is 0 Å². The zero-order valence-corrected chi connectivity index (χ0v) is 15.3. The summed E-state index contributed by atoms with van der Waals surface area (Å²) in [5.74, 6) is 0.874. The van der Waals surface area contributed by atoms with E-state index in [2.05, 4.69) is 19.9 Å². The van der Waals surface area contributed by atoms with Crippen LogP contribution >= 0.6 is 11.6 Å². The molecule has 26 heavy (non-hydrogen) atoms. The topological polar surface area (TPSA) is 107 Å². The van der Waals surface area contributed by atoms with E-state index in [1.165, 1.54) is 19.2 Å². The van der Waals surface area contributed by atoms with Crippen LogP contribution in [0, 0.1) is 0 Å². The van der Waals surface area contributed by atoms with Gasteiger partial charge >= 0.3 is 0 Å². The summed E-state index contributed by atoms with van der Waals surface area (Å²) in [5, 5.41) is 8.15. The summed E-state index contributed by atoms with van der Waals surface area (Å²) in [6.07, 6.45) is 3.47. The lowest BCUT2D eigenvalue weighted by atomic mass is 10.3. The SMILES string of the molecule is COc1ccc(Cl)cc1S(=O)(=O)NCCc1nnc(-c2ccncc2)o1. The van der Waals surface area contributed by atoms with E-state index in [-0.39, 0.29) is 23.6 Å². The van der Waals surface area contributed by atoms with Crippen molar-refractivity contribution in [2.75, 3.05) is 13.7 Å². The van der Waals surface area contributed by atoms with Crippen LogP contribution in [-0.4, -0.2) is 37.3 Å². The molecule has 0 spiro atoms. The molecule has 0 amide bonds. The Morgan fingerprint density at radius 3 is 2.69 bits per heavy atom. The Kier molecular flexibility index (Phi) is 5.50. The predicted molar refractivity (Wildman–Crippen MR) is 94.4 cm³/mol. The molecule has 136 valence electrons. The van der Waals surface area contributed by atoms with Crippen LogP contribution in [0.5, 0.6) is 5.75 Å². The van der Waals surface area contributed by atoms with Crippen molar-refractivity contribution in [3.05, 3.63) is 53.6 Å².